The maximum absolute atomic E-state index is 12.5. The van der Waals surface area contributed by atoms with Crippen LogP contribution in [-0.2, 0) is 11.3 Å². The van der Waals surface area contributed by atoms with Crippen molar-refractivity contribution in [1.29, 1.82) is 0 Å². The Morgan fingerprint density at radius 1 is 1.30 bits per heavy atom. The first-order chi connectivity index (χ1) is 12.8. The maximum Gasteiger partial charge on any atom is 0.356 e. The fourth-order valence-electron chi connectivity index (χ4n) is 2.57. The van der Waals surface area contributed by atoms with Gasteiger partial charge in [0.15, 0.2) is 11.5 Å². The summed E-state index contributed by atoms with van der Waals surface area (Å²) in [5.74, 6) is -1.10. The quantitative estimate of drug-likeness (QED) is 0.624. The zero-order valence-corrected chi connectivity index (χ0v) is 16.3. The zero-order chi connectivity index (χ0) is 19.6. The molecule has 0 saturated carbocycles. The van der Waals surface area contributed by atoms with Crippen LogP contribution in [0.25, 0.3) is 0 Å². The Hall–Kier alpha value is -2.94. The molecular formula is C18H18BrN5O3. The van der Waals surface area contributed by atoms with Crippen molar-refractivity contribution >= 4 is 33.6 Å². The number of anilines is 1. The molecule has 0 bridgehead atoms. The van der Waals surface area contributed by atoms with Gasteiger partial charge in [-0.1, -0.05) is 29.8 Å². The van der Waals surface area contributed by atoms with Crippen molar-refractivity contribution in [2.45, 2.75) is 26.4 Å². The van der Waals surface area contributed by atoms with Gasteiger partial charge < -0.3 is 10.4 Å². The second-order valence-electron chi connectivity index (χ2n) is 6.16. The highest BCUT2D eigenvalue weighted by molar-refractivity contribution is 9.10. The Balaban J connectivity index is 1.70. The van der Waals surface area contributed by atoms with Crippen LogP contribution in [-0.4, -0.2) is 36.5 Å². The summed E-state index contributed by atoms with van der Waals surface area (Å²) in [5.41, 5.74) is 2.16. The molecular weight excluding hydrogens is 414 g/mol. The fourth-order valence-corrected chi connectivity index (χ4v) is 2.98. The van der Waals surface area contributed by atoms with E-state index < -0.39 is 12.0 Å². The molecule has 27 heavy (non-hydrogen) atoms. The molecule has 2 N–H and O–H groups in total. The molecule has 1 unspecified atom stereocenters. The number of aryl methyl sites for hydroxylation is 1. The van der Waals surface area contributed by atoms with Crippen molar-refractivity contribution in [3.05, 3.63) is 64.0 Å². The van der Waals surface area contributed by atoms with Crippen LogP contribution >= 0.6 is 15.9 Å². The molecule has 9 heteroatoms. The van der Waals surface area contributed by atoms with Gasteiger partial charge in [-0.25, -0.2) is 4.79 Å². The van der Waals surface area contributed by atoms with Crippen LogP contribution in [0.15, 0.2) is 47.2 Å². The fraction of sp³-hybridized carbons (Fsp3) is 0.222. The van der Waals surface area contributed by atoms with E-state index in [1.54, 1.807) is 17.8 Å². The first-order valence-electron chi connectivity index (χ1n) is 8.21. The highest BCUT2D eigenvalue weighted by Crippen LogP contribution is 2.22. The number of aromatic nitrogens is 4. The van der Waals surface area contributed by atoms with Gasteiger partial charge in [0.1, 0.15) is 6.04 Å². The molecule has 0 radical (unpaired) electrons. The number of carboxylic acids is 1. The molecule has 0 aliphatic carbocycles. The van der Waals surface area contributed by atoms with Crippen LogP contribution in [0.3, 0.4) is 0 Å². The summed E-state index contributed by atoms with van der Waals surface area (Å²) in [6.07, 6.45) is 3.25. The third-order valence-electron chi connectivity index (χ3n) is 3.99. The van der Waals surface area contributed by atoms with Gasteiger partial charge in [-0.15, -0.1) is 0 Å². The van der Waals surface area contributed by atoms with Gasteiger partial charge in [0, 0.05) is 12.4 Å². The Bertz CT molecular complexity index is 995. The molecule has 0 aliphatic rings. The van der Waals surface area contributed by atoms with Crippen LogP contribution in [0.2, 0.25) is 0 Å². The van der Waals surface area contributed by atoms with E-state index in [1.165, 1.54) is 22.5 Å². The monoisotopic (exact) mass is 431 g/mol. The lowest BCUT2D eigenvalue weighted by Crippen LogP contribution is -2.24. The molecule has 1 aromatic carbocycles. The number of amides is 1. The molecule has 0 fully saturated rings. The lowest BCUT2D eigenvalue weighted by molar-refractivity contribution is -0.119. The summed E-state index contributed by atoms with van der Waals surface area (Å²) in [6, 6.07) is 8.77. The van der Waals surface area contributed by atoms with Crippen molar-refractivity contribution in [3.63, 3.8) is 0 Å². The van der Waals surface area contributed by atoms with E-state index in [4.69, 9.17) is 5.11 Å². The molecule has 0 aliphatic heterocycles. The molecule has 3 aromatic rings. The number of benzene rings is 1. The summed E-state index contributed by atoms with van der Waals surface area (Å²) >= 11 is 3.40. The summed E-state index contributed by atoms with van der Waals surface area (Å²) in [7, 11) is 0. The number of carboxylic acid groups (broad SMARTS) is 1. The Labute approximate surface area is 163 Å². The molecule has 0 saturated heterocycles. The first kappa shape index (κ1) is 18.8. The van der Waals surface area contributed by atoms with Crippen molar-refractivity contribution in [3.8, 4) is 0 Å². The highest BCUT2D eigenvalue weighted by Gasteiger charge is 2.20. The molecule has 2 heterocycles. The van der Waals surface area contributed by atoms with E-state index in [9.17, 15) is 9.59 Å². The maximum atomic E-state index is 12.5. The van der Waals surface area contributed by atoms with Gasteiger partial charge in [-0.3, -0.25) is 14.2 Å². The molecule has 1 atom stereocenters. The van der Waals surface area contributed by atoms with Crippen LogP contribution in [0.4, 0.5) is 5.82 Å². The highest BCUT2D eigenvalue weighted by atomic mass is 79.9. The molecule has 1 amide bonds. The SMILES string of the molecule is Cc1cccc(Cn2cc(Br)c(NC(=O)C(C)n3ccc(C(=O)O)n3)n2)c1. The van der Waals surface area contributed by atoms with E-state index in [1.807, 2.05) is 25.1 Å². The van der Waals surface area contributed by atoms with Crippen molar-refractivity contribution in [2.24, 2.45) is 0 Å². The predicted octanol–water partition coefficient (Wildman–Crippen LogP) is 3.10. The zero-order valence-electron chi connectivity index (χ0n) is 14.8. The van der Waals surface area contributed by atoms with Gasteiger partial charge in [-0.2, -0.15) is 10.2 Å². The topological polar surface area (TPSA) is 102 Å². The van der Waals surface area contributed by atoms with Gasteiger partial charge >= 0.3 is 5.97 Å². The molecule has 3 rings (SSSR count). The first-order valence-corrected chi connectivity index (χ1v) is 9.00. The normalized spacial score (nSPS) is 12.0. The van der Waals surface area contributed by atoms with E-state index in [0.717, 1.165) is 5.56 Å². The standard InChI is InChI=1S/C18H18BrN5O3/c1-11-4-3-5-13(8-11)9-23-10-14(19)16(22-23)20-17(25)12(2)24-7-6-15(21-24)18(26)27/h3-8,10,12H,9H2,1-2H3,(H,26,27)(H,20,22,25). The van der Waals surface area contributed by atoms with E-state index in [2.05, 4.69) is 37.5 Å². The number of hydrogen-bond donors (Lipinski definition) is 2. The minimum absolute atomic E-state index is 0.113. The molecule has 0 spiro atoms. The summed E-state index contributed by atoms with van der Waals surface area (Å²) in [6.45, 7) is 4.24. The van der Waals surface area contributed by atoms with Crippen molar-refractivity contribution in [1.82, 2.24) is 19.6 Å². The second kappa shape index (κ2) is 7.75. The van der Waals surface area contributed by atoms with Crippen LogP contribution in [0.1, 0.15) is 34.6 Å². The number of aromatic carboxylic acids is 1. The number of rotatable bonds is 6. The van der Waals surface area contributed by atoms with E-state index in [0.29, 0.717) is 16.8 Å². The molecule has 2 aromatic heterocycles. The lowest BCUT2D eigenvalue weighted by atomic mass is 10.1. The minimum Gasteiger partial charge on any atom is -0.476 e. The smallest absolute Gasteiger partial charge is 0.356 e. The van der Waals surface area contributed by atoms with Crippen molar-refractivity contribution in [2.75, 3.05) is 5.32 Å². The van der Waals surface area contributed by atoms with Gasteiger partial charge in [-0.05, 0) is 41.4 Å². The number of halogens is 1. The molecule has 8 nitrogen and oxygen atoms in total. The number of carbonyl (C=O) groups is 2. The van der Waals surface area contributed by atoms with E-state index >= 15 is 0 Å². The van der Waals surface area contributed by atoms with Gasteiger partial charge in [0.05, 0.1) is 11.0 Å². The third-order valence-corrected chi connectivity index (χ3v) is 4.57. The average Bonchev–Trinajstić information content (AvgIpc) is 3.22. The minimum atomic E-state index is -1.14. The number of hydrogen-bond acceptors (Lipinski definition) is 4. The largest absolute Gasteiger partial charge is 0.476 e. The average molecular weight is 432 g/mol. The number of nitrogens with one attached hydrogen (secondary N) is 1. The molecule has 140 valence electrons. The Kier molecular flexibility index (Phi) is 5.41. The van der Waals surface area contributed by atoms with Crippen LogP contribution in [0, 0.1) is 6.92 Å². The van der Waals surface area contributed by atoms with Gasteiger partial charge in [0.2, 0.25) is 5.91 Å². The van der Waals surface area contributed by atoms with Crippen LogP contribution < -0.4 is 5.32 Å². The summed E-state index contributed by atoms with van der Waals surface area (Å²) < 4.78 is 3.69. The number of nitrogens with zero attached hydrogens (tertiary/aromatic N) is 4. The Morgan fingerprint density at radius 2 is 2.07 bits per heavy atom. The van der Waals surface area contributed by atoms with E-state index in [-0.39, 0.29) is 11.6 Å². The van der Waals surface area contributed by atoms with Gasteiger partial charge in [0.25, 0.3) is 0 Å². The lowest BCUT2D eigenvalue weighted by Gasteiger charge is -2.11. The Morgan fingerprint density at radius 3 is 2.74 bits per heavy atom. The summed E-state index contributed by atoms with van der Waals surface area (Å²) in [4.78, 5) is 23.4. The third kappa shape index (κ3) is 4.43. The predicted molar refractivity (Wildman–Crippen MR) is 103 cm³/mol. The van der Waals surface area contributed by atoms with Crippen molar-refractivity contribution < 1.29 is 14.7 Å². The number of carbonyl (C=O) groups excluding carboxylic acids is 1. The van der Waals surface area contributed by atoms with Crippen LogP contribution in [0.5, 0.6) is 0 Å². The second-order valence-corrected chi connectivity index (χ2v) is 7.02. The summed E-state index contributed by atoms with van der Waals surface area (Å²) in [5, 5.41) is 20.0.